The molecule has 0 aromatic heterocycles. The van der Waals surface area contributed by atoms with Crippen LogP contribution in [0.15, 0.2) is 143 Å². The number of hydrogen-bond acceptors (Lipinski definition) is 21. The van der Waals surface area contributed by atoms with Gasteiger partial charge in [0.2, 0.25) is 5.69 Å². The first-order valence-electron chi connectivity index (χ1n) is 27.8. The molecule has 3 heterocycles. The monoisotopic (exact) mass is 1320 g/mol. The molecule has 4 aliphatic rings. The minimum atomic E-state index is -4.51. The van der Waals surface area contributed by atoms with Crippen LogP contribution >= 0.6 is 36.1 Å². The molecule has 0 radical (unpaired) electrons. The van der Waals surface area contributed by atoms with Gasteiger partial charge in [-0.25, -0.2) is 13.2 Å². The molecule has 0 unspecified atom stereocenters. The van der Waals surface area contributed by atoms with E-state index >= 15 is 0 Å². The molecule has 28 heteroatoms. The number of carbonyl (C=O) groups is 2. The maximum Gasteiger partial charge on any atom is 1.00 e. The Morgan fingerprint density at radius 1 is 0.773 bits per heavy atom. The predicted molar refractivity (Wildman–Crippen MR) is 315 cm³/mol. The molecule has 0 saturated carbocycles. The van der Waals surface area contributed by atoms with Crippen LogP contribution in [-0.4, -0.2) is 83.6 Å². The number of benzene rings is 4. The first-order chi connectivity index (χ1) is 40.4. The van der Waals surface area contributed by atoms with E-state index in [2.05, 4.69) is 137 Å². The first-order valence-corrected chi connectivity index (χ1v) is 32.0. The molecule has 1 amide bonds. The number of carbonyl (C=O) groups excluding carboxylic acids is 2. The van der Waals surface area contributed by atoms with Gasteiger partial charge in [0.25, 0.3) is 5.91 Å². The molecular weight excluding hydrogens is 1250 g/mol. The van der Waals surface area contributed by atoms with Gasteiger partial charge in [0, 0.05) is 125 Å². The summed E-state index contributed by atoms with van der Waals surface area (Å²) in [5, 5.41) is 45.5. The van der Waals surface area contributed by atoms with Crippen LogP contribution in [0, 0.1) is 0 Å². The maximum absolute atomic E-state index is 12.8. The van der Waals surface area contributed by atoms with E-state index in [-0.39, 0.29) is 150 Å². The van der Waals surface area contributed by atoms with E-state index in [0.717, 1.165) is 111 Å². The molecule has 0 atom stereocenters. The van der Waals surface area contributed by atoms with E-state index < -0.39 is 32.7 Å². The van der Waals surface area contributed by atoms with Gasteiger partial charge in [-0.3, -0.25) is 19.9 Å². The molecule has 0 spiro atoms. The van der Waals surface area contributed by atoms with E-state index in [1.807, 2.05) is 18.2 Å². The molecule has 3 aliphatic heterocycles. The number of unbranched alkanes of at least 4 members (excludes halogenated alkanes) is 2. The third kappa shape index (κ3) is 21.0. The topological polar surface area (TPSA) is 247 Å². The van der Waals surface area contributed by atoms with Crippen molar-refractivity contribution in [2.75, 3.05) is 53.2 Å². The van der Waals surface area contributed by atoms with Gasteiger partial charge < -0.3 is 39.7 Å². The largest absolute Gasteiger partial charge is 1.00 e. The summed E-state index contributed by atoms with van der Waals surface area (Å²) in [6.45, 7) is 14.7. The molecule has 0 bridgehead atoms. The zero-order valence-corrected chi connectivity index (χ0v) is 62.7. The smallest absolute Gasteiger partial charge is 0.748 e. The molecule has 1 fully saturated rings. The molecule has 0 N–H and O–H groups in total. The maximum atomic E-state index is 12.8. The third-order valence-corrected chi connectivity index (χ3v) is 18.0. The minimum Gasteiger partial charge on any atom is -0.748 e. The molecule has 88 heavy (non-hydrogen) atoms. The van der Waals surface area contributed by atoms with Crippen LogP contribution in [0.25, 0.3) is 10.8 Å². The Labute approximate surface area is 616 Å². The molecule has 4 aromatic carbocycles. The van der Waals surface area contributed by atoms with Gasteiger partial charge in [-0.05, 0) is 147 Å². The number of hydroxylamine groups is 2. The van der Waals surface area contributed by atoms with Crippen molar-refractivity contribution in [3.05, 3.63) is 149 Å². The fraction of sp³-hybridized carbons (Fsp3) is 0.417. The van der Waals surface area contributed by atoms with Crippen LogP contribution in [-0.2, 0) is 63.5 Å². The van der Waals surface area contributed by atoms with Crippen LogP contribution in [0.2, 0.25) is 0 Å². The fourth-order valence-electron chi connectivity index (χ4n) is 11.4. The number of hydrogen-bond donors (Lipinski definition) is 0. The average Bonchev–Trinajstić information content (AvgIpc) is 1.86. The summed E-state index contributed by atoms with van der Waals surface area (Å²) in [4.78, 5) is 35.6. The van der Waals surface area contributed by atoms with Crippen molar-refractivity contribution >= 4 is 91.7 Å². The molecule has 20 nitrogen and oxygen atoms in total. The number of ether oxygens (including phenoxy) is 1. The van der Waals surface area contributed by atoms with E-state index in [9.17, 15) is 38.3 Å². The van der Waals surface area contributed by atoms with Gasteiger partial charge in [-0.2, -0.15) is 17.6 Å². The Balaban J connectivity index is 0.00000414. The van der Waals surface area contributed by atoms with Crippen molar-refractivity contribution in [2.45, 2.75) is 120 Å². The van der Waals surface area contributed by atoms with E-state index in [1.54, 1.807) is 24.3 Å². The van der Waals surface area contributed by atoms with Gasteiger partial charge >= 0.3 is 124 Å². The Morgan fingerprint density at radius 3 is 2.12 bits per heavy atom. The second-order valence-corrected chi connectivity index (χ2v) is 25.5. The molecule has 1 aliphatic carbocycles. The van der Waals surface area contributed by atoms with E-state index in [4.69, 9.17) is 9.57 Å². The van der Waals surface area contributed by atoms with Gasteiger partial charge in [0.05, 0.1) is 33.3 Å². The zero-order valence-electron chi connectivity index (χ0n) is 51.4. The first kappa shape index (κ1) is 78.9. The Hall–Kier alpha value is -1.55. The van der Waals surface area contributed by atoms with Crippen LogP contribution in [0.5, 0.6) is 5.75 Å². The number of allylic oxidation sites excluding steroid dienone is 8. The van der Waals surface area contributed by atoms with Crippen LogP contribution < -0.4 is 149 Å². The second-order valence-electron chi connectivity index (χ2n) is 21.7. The van der Waals surface area contributed by atoms with Gasteiger partial charge in [-0.15, -0.1) is 5.06 Å². The Morgan fingerprint density at radius 2 is 1.47 bits per heavy atom. The van der Waals surface area contributed by atoms with Crippen molar-refractivity contribution in [3.8, 4) is 5.75 Å². The van der Waals surface area contributed by atoms with E-state index in [0.29, 0.717) is 91.8 Å². The standard InChI is InChI=1S/C60H72N4O16S4.4Na/c1-42-20-33-55(65)64(42)74-56(66)19-7-6-10-36-63-52-29-21-43-15-8-9-18-49(43)57(52)60(4,5)54(63)32-23-45-17-11-16-44(58(45)73-47-25-27-48(28-26-47)83-80-77-69)22-31-53-59(2,3)50-41-46(24-30-51(50)62(53)37-14-40-84(70,71)72)61(34-12-38-81-78-75-67)35-13-39-82-79-76-68;;;;/h8-9,15,18,21-32,41H,1,6-7,10-14,16-17,19-20,33-40H2,2-5H3,(H3-,67,68,69,70,71,72);;;;/q;4*+1/p-3. The summed E-state index contributed by atoms with van der Waals surface area (Å²) in [7, 11) is -4.51. The second kappa shape index (κ2) is 38.1. The molecular formula is C60H69N4Na4O16S4+. The summed E-state index contributed by atoms with van der Waals surface area (Å²) in [6.07, 6.45) is 15.1. The molecule has 8 rings (SSSR count). The summed E-state index contributed by atoms with van der Waals surface area (Å²) in [5.74, 6) is 0.910. The number of nitrogens with zero attached hydrogens (tertiary/aromatic N) is 4. The Kier molecular flexibility index (Phi) is 34.2. The predicted octanol–water partition coefficient (Wildman–Crippen LogP) is -2.44. The van der Waals surface area contributed by atoms with Crippen molar-refractivity contribution in [2.24, 2.45) is 0 Å². The van der Waals surface area contributed by atoms with E-state index in [1.165, 1.54) is 10.9 Å². The van der Waals surface area contributed by atoms with Crippen LogP contribution in [0.1, 0.15) is 116 Å². The van der Waals surface area contributed by atoms with Crippen molar-refractivity contribution < 1.29 is 199 Å². The minimum absolute atomic E-state index is 0. The number of rotatable bonds is 32. The fourth-order valence-corrected chi connectivity index (χ4v) is 13.0. The third-order valence-electron chi connectivity index (χ3n) is 15.4. The average molecular weight is 1320 g/mol. The summed E-state index contributed by atoms with van der Waals surface area (Å²) in [5.41, 5.74) is 8.36. The normalized spacial score (nSPS) is 16.9. The molecule has 4 aromatic rings. The molecule has 1 saturated heterocycles. The van der Waals surface area contributed by atoms with Gasteiger partial charge in [0.1, 0.15) is 18.1 Å². The van der Waals surface area contributed by atoms with Crippen LogP contribution in [0.4, 0.5) is 17.1 Å². The van der Waals surface area contributed by atoms with Crippen LogP contribution in [0.3, 0.4) is 0 Å². The molecule has 452 valence electrons. The SMILES string of the molecule is C=C1CCC(=O)N1OC(=O)CCCCCN1/C(=C/C=C2\CCCC(/C=C/C3=[N+](CCCS(=O)(=O)[O-])c4ccc(N(CCCSOO[O-])CCCSOO[O-])cc4C3(C)C)=C2Oc2ccc(SOO[O-])cc2)C(C)(C)c2c1ccc1ccccc21.[Na+].[Na+].[Na+].[Na+]. The number of fused-ring (bicyclic) bond motifs is 4. The summed E-state index contributed by atoms with van der Waals surface area (Å²) < 4.78 is 58.6. The van der Waals surface area contributed by atoms with Crippen molar-refractivity contribution in [1.82, 2.24) is 5.06 Å². The summed E-state index contributed by atoms with van der Waals surface area (Å²) in [6, 6.07) is 26.0. The number of amides is 1. The Bertz CT molecular complexity index is 3270. The number of anilines is 2. The van der Waals surface area contributed by atoms with Crippen molar-refractivity contribution in [3.63, 3.8) is 0 Å². The summed E-state index contributed by atoms with van der Waals surface area (Å²) >= 11 is 2.59. The van der Waals surface area contributed by atoms with Gasteiger partial charge in [-0.1, -0.05) is 63.3 Å². The van der Waals surface area contributed by atoms with Crippen molar-refractivity contribution in [1.29, 1.82) is 0 Å². The van der Waals surface area contributed by atoms with Gasteiger partial charge in [0.15, 0.2) is 5.71 Å². The quantitative estimate of drug-likeness (QED) is 0.00938. The zero-order chi connectivity index (χ0) is 59.9.